The number of likely N-dealkylation sites (tertiary alicyclic amines) is 1. The van der Waals surface area contributed by atoms with Gasteiger partial charge < -0.3 is 14.6 Å². The van der Waals surface area contributed by atoms with Crippen LogP contribution in [0.1, 0.15) is 57.1 Å². The Morgan fingerprint density at radius 2 is 2.00 bits per heavy atom. The lowest BCUT2D eigenvalue weighted by Crippen LogP contribution is -2.41. The van der Waals surface area contributed by atoms with E-state index in [9.17, 15) is 4.79 Å². The van der Waals surface area contributed by atoms with E-state index in [2.05, 4.69) is 45.3 Å². The van der Waals surface area contributed by atoms with Gasteiger partial charge in [-0.2, -0.15) is 0 Å². The number of H-pyrrole nitrogens is 1. The maximum Gasteiger partial charge on any atom is 0.410 e. The topological polar surface area (TPSA) is 45.3 Å². The molecule has 1 amide bonds. The Hall–Kier alpha value is -1.49. The summed E-state index contributed by atoms with van der Waals surface area (Å²) in [5, 5.41) is 1.37. The molecule has 1 saturated heterocycles. The van der Waals surface area contributed by atoms with Gasteiger partial charge in [0.2, 0.25) is 0 Å². The maximum absolute atomic E-state index is 12.3. The first-order valence-electron chi connectivity index (χ1n) is 10.0. The number of carbonyl (C=O) groups excluding carboxylic acids is 1. The fraction of sp³-hybridized carbons (Fsp3) is 0.591. The monoisotopic (exact) mass is 432 g/mol. The van der Waals surface area contributed by atoms with Crippen LogP contribution in [0.5, 0.6) is 0 Å². The number of halogens is 1. The van der Waals surface area contributed by atoms with Crippen molar-refractivity contribution in [1.82, 2.24) is 9.88 Å². The van der Waals surface area contributed by atoms with Crippen LogP contribution < -0.4 is 0 Å². The number of hydrogen-bond donors (Lipinski definition) is 1. The van der Waals surface area contributed by atoms with E-state index in [4.69, 9.17) is 4.74 Å². The molecule has 2 heterocycles. The number of nitrogens with one attached hydrogen (secondary N) is 1. The molecule has 1 aliphatic carbocycles. The molecule has 4 rings (SSSR count). The summed E-state index contributed by atoms with van der Waals surface area (Å²) in [6.07, 6.45) is 6.43. The van der Waals surface area contributed by atoms with Crippen molar-refractivity contribution in [3.63, 3.8) is 0 Å². The Balaban J connectivity index is 1.43. The molecule has 0 spiro atoms. The molecule has 0 radical (unpaired) electrons. The lowest BCUT2D eigenvalue weighted by molar-refractivity contribution is 0.0205. The Morgan fingerprint density at radius 1 is 1.30 bits per heavy atom. The van der Waals surface area contributed by atoms with Crippen molar-refractivity contribution in [1.29, 1.82) is 0 Å². The van der Waals surface area contributed by atoms with Crippen LogP contribution in [0.3, 0.4) is 0 Å². The third kappa shape index (κ3) is 4.34. The van der Waals surface area contributed by atoms with Gasteiger partial charge in [0.1, 0.15) is 5.60 Å². The zero-order chi connectivity index (χ0) is 19.2. The number of alkyl halides is 1. The Kier molecular flexibility index (Phi) is 5.00. The summed E-state index contributed by atoms with van der Waals surface area (Å²) in [6.45, 7) is 7.29. The lowest BCUT2D eigenvalue weighted by atomic mass is 9.88. The number of carbonyl (C=O) groups is 1. The van der Waals surface area contributed by atoms with Crippen molar-refractivity contribution < 1.29 is 9.53 Å². The summed E-state index contributed by atoms with van der Waals surface area (Å²) in [7, 11) is 0. The molecule has 1 aromatic heterocycles. The number of piperidine rings is 1. The minimum atomic E-state index is -0.431. The number of fused-ring (bicyclic) bond motifs is 1. The van der Waals surface area contributed by atoms with E-state index in [1.54, 1.807) is 0 Å². The lowest BCUT2D eigenvalue weighted by Gasteiger charge is -2.33. The SMILES string of the molecule is CC(C)(C)OC(=O)N1CCC(c2ccc3[nH]cc(CC4CC4Br)c3c2)CC1. The van der Waals surface area contributed by atoms with Gasteiger partial charge in [-0.25, -0.2) is 4.79 Å². The molecule has 2 atom stereocenters. The third-order valence-electron chi connectivity index (χ3n) is 5.73. The Bertz CT molecular complexity index is 830. The average molecular weight is 433 g/mol. The van der Waals surface area contributed by atoms with E-state index in [1.807, 2.05) is 25.7 Å². The molecule has 2 unspecified atom stereocenters. The van der Waals surface area contributed by atoms with Gasteiger partial charge >= 0.3 is 6.09 Å². The standard InChI is InChI=1S/C22H29BrN2O2/c1-22(2,3)27-21(26)25-8-6-14(7-9-25)15-4-5-20-18(11-15)17(13-24-20)10-16-12-19(16)23/h4-5,11,13-14,16,19,24H,6-10,12H2,1-3H3. The summed E-state index contributed by atoms with van der Waals surface area (Å²) >= 11 is 3.72. The second-order valence-corrected chi connectivity index (χ2v) is 10.3. The molecular weight excluding hydrogens is 404 g/mol. The van der Waals surface area contributed by atoms with Crippen LogP contribution in [0.2, 0.25) is 0 Å². The highest BCUT2D eigenvalue weighted by atomic mass is 79.9. The van der Waals surface area contributed by atoms with Crippen LogP contribution in [-0.2, 0) is 11.2 Å². The highest BCUT2D eigenvalue weighted by molar-refractivity contribution is 9.09. The number of aromatic amines is 1. The average Bonchev–Trinajstić information content (AvgIpc) is 3.16. The van der Waals surface area contributed by atoms with Crippen molar-refractivity contribution >= 4 is 32.9 Å². The van der Waals surface area contributed by atoms with Crippen LogP contribution in [0.4, 0.5) is 4.79 Å². The van der Waals surface area contributed by atoms with Crippen LogP contribution in [0.15, 0.2) is 24.4 Å². The number of rotatable bonds is 3. The normalized spacial score (nSPS) is 23.6. The van der Waals surface area contributed by atoms with Crippen LogP contribution in [0, 0.1) is 5.92 Å². The number of benzene rings is 1. The van der Waals surface area contributed by atoms with Crippen molar-refractivity contribution in [2.45, 2.75) is 62.8 Å². The number of amides is 1. The number of nitrogens with zero attached hydrogens (tertiary/aromatic N) is 1. The van der Waals surface area contributed by atoms with Crippen molar-refractivity contribution in [2.24, 2.45) is 5.92 Å². The van der Waals surface area contributed by atoms with Gasteiger partial charge in [0.05, 0.1) is 0 Å². The second kappa shape index (κ2) is 7.16. The zero-order valence-corrected chi connectivity index (χ0v) is 18.0. The first kappa shape index (κ1) is 18.9. The molecule has 146 valence electrons. The molecule has 27 heavy (non-hydrogen) atoms. The zero-order valence-electron chi connectivity index (χ0n) is 16.4. The van der Waals surface area contributed by atoms with Crippen molar-refractivity contribution in [3.05, 3.63) is 35.5 Å². The van der Waals surface area contributed by atoms with Crippen molar-refractivity contribution in [3.8, 4) is 0 Å². The first-order chi connectivity index (χ1) is 12.8. The maximum atomic E-state index is 12.3. The summed E-state index contributed by atoms with van der Waals surface area (Å²) in [6, 6.07) is 6.84. The third-order valence-corrected chi connectivity index (χ3v) is 6.85. The molecule has 1 aliphatic heterocycles. The molecule has 1 saturated carbocycles. The second-order valence-electron chi connectivity index (χ2n) is 9.08. The highest BCUT2D eigenvalue weighted by Crippen LogP contribution is 2.41. The van der Waals surface area contributed by atoms with E-state index in [0.717, 1.165) is 38.3 Å². The number of ether oxygens (including phenoxy) is 1. The summed E-state index contributed by atoms with van der Waals surface area (Å²) in [5.74, 6) is 1.30. The number of hydrogen-bond acceptors (Lipinski definition) is 2. The predicted molar refractivity (Wildman–Crippen MR) is 113 cm³/mol. The molecule has 1 N–H and O–H groups in total. The predicted octanol–water partition coefficient (Wildman–Crippen LogP) is 5.61. The van der Waals surface area contributed by atoms with Gasteiger partial charge in [-0.05, 0) is 81.5 Å². The fourth-order valence-electron chi connectivity index (χ4n) is 4.05. The van der Waals surface area contributed by atoms with Gasteiger partial charge in [0.25, 0.3) is 0 Å². The fourth-order valence-corrected chi connectivity index (χ4v) is 4.71. The van der Waals surface area contributed by atoms with Crippen LogP contribution >= 0.6 is 15.9 Å². The molecule has 2 fully saturated rings. The Morgan fingerprint density at radius 3 is 2.63 bits per heavy atom. The van der Waals surface area contributed by atoms with Gasteiger partial charge in [0.15, 0.2) is 0 Å². The molecule has 4 nitrogen and oxygen atoms in total. The van der Waals surface area contributed by atoms with Crippen molar-refractivity contribution in [2.75, 3.05) is 13.1 Å². The molecular formula is C22H29BrN2O2. The molecule has 1 aromatic carbocycles. The minimum absolute atomic E-state index is 0.182. The van der Waals surface area contributed by atoms with Gasteiger partial charge in [-0.3, -0.25) is 0 Å². The van der Waals surface area contributed by atoms with Crippen LogP contribution in [-0.4, -0.2) is 39.5 Å². The van der Waals surface area contributed by atoms with Crippen LogP contribution in [0.25, 0.3) is 10.9 Å². The van der Waals surface area contributed by atoms with E-state index in [0.29, 0.717) is 10.7 Å². The molecule has 2 aliphatic rings. The highest BCUT2D eigenvalue weighted by Gasteiger charge is 2.35. The van der Waals surface area contributed by atoms with E-state index >= 15 is 0 Å². The van der Waals surface area contributed by atoms with E-state index in [1.165, 1.54) is 28.5 Å². The van der Waals surface area contributed by atoms with E-state index in [-0.39, 0.29) is 6.09 Å². The Labute approximate surface area is 169 Å². The summed E-state index contributed by atoms with van der Waals surface area (Å²) < 4.78 is 5.51. The quantitative estimate of drug-likeness (QED) is 0.640. The van der Waals surface area contributed by atoms with Gasteiger partial charge in [-0.1, -0.05) is 22.0 Å². The first-order valence-corrected chi connectivity index (χ1v) is 10.9. The van der Waals surface area contributed by atoms with Gasteiger partial charge in [-0.15, -0.1) is 0 Å². The minimum Gasteiger partial charge on any atom is -0.444 e. The molecule has 0 bridgehead atoms. The summed E-state index contributed by atoms with van der Waals surface area (Å²) in [4.78, 5) is 18.2. The van der Waals surface area contributed by atoms with Gasteiger partial charge in [0, 0.05) is 35.0 Å². The number of aromatic nitrogens is 1. The largest absolute Gasteiger partial charge is 0.444 e. The molecule has 2 aromatic rings. The molecule has 5 heteroatoms. The van der Waals surface area contributed by atoms with E-state index < -0.39 is 5.60 Å². The smallest absolute Gasteiger partial charge is 0.410 e. The summed E-state index contributed by atoms with van der Waals surface area (Å²) in [5.41, 5.74) is 3.63.